The predicted molar refractivity (Wildman–Crippen MR) is 354 cm³/mol. The van der Waals surface area contributed by atoms with Gasteiger partial charge in [-0.2, -0.15) is 0 Å². The van der Waals surface area contributed by atoms with Gasteiger partial charge in [0, 0.05) is 110 Å². The minimum atomic E-state index is -3.75. The number of Topliss-reactive ketones (excluding diaryl/α,β-unsaturated/α-hetero) is 4. The summed E-state index contributed by atoms with van der Waals surface area (Å²) >= 11 is 0. The van der Waals surface area contributed by atoms with Gasteiger partial charge < -0.3 is 111 Å². The SMILES string of the molecule is CC.COCCCC(=O)CCCC(=O)CCC(C(=O)NCC(=O)NCCCO[C@@H]1OC(CO)[C@H](O)[C@H](O)C1C)N(CC(=O)CCC(=O)NCCCO[C@@H]1OC(CO)[C@H](O)[C@H](O)C1C)CC(=O)CCC(=O)NCCCO[C@@H]1OC(CO)[C@H](O)[C@H](O)C1C.COP(=O)(O)OCCCCCCN. The highest BCUT2D eigenvalue weighted by molar-refractivity contribution is 7.47. The summed E-state index contributed by atoms with van der Waals surface area (Å²) in [6, 6.07) is -1.38. The first-order valence-electron chi connectivity index (χ1n) is 34.5. The lowest BCUT2D eigenvalue weighted by Crippen LogP contribution is -2.55. The Balaban J connectivity index is 0.00000291. The molecule has 578 valence electrons. The number of amides is 4. The maximum absolute atomic E-state index is 14.2. The van der Waals surface area contributed by atoms with E-state index in [0.29, 0.717) is 19.6 Å². The molecule has 35 heteroatoms. The Hall–Kier alpha value is -4.05. The molecule has 0 aromatic rings. The van der Waals surface area contributed by atoms with Crippen LogP contribution in [-0.4, -0.2) is 295 Å². The van der Waals surface area contributed by atoms with E-state index in [-0.39, 0.29) is 141 Å². The zero-order chi connectivity index (χ0) is 74.5. The third-order valence-electron chi connectivity index (χ3n) is 16.5. The molecule has 0 aliphatic carbocycles. The molecule has 16 N–H and O–H groups in total. The van der Waals surface area contributed by atoms with Crippen LogP contribution < -0.4 is 27.0 Å². The number of ketones is 4. The zero-order valence-corrected chi connectivity index (χ0v) is 59.8. The molecule has 0 spiro atoms. The first-order chi connectivity index (χ1) is 47.2. The van der Waals surface area contributed by atoms with Gasteiger partial charge in [-0.05, 0) is 57.9 Å². The molecule has 0 aromatic carbocycles. The lowest BCUT2D eigenvalue weighted by molar-refractivity contribution is -0.282. The molecular weight excluding hydrogens is 1330 g/mol. The van der Waals surface area contributed by atoms with Crippen LogP contribution in [0.15, 0.2) is 0 Å². The molecule has 0 bridgehead atoms. The minimum Gasteiger partial charge on any atom is -0.394 e. The predicted octanol–water partition coefficient (Wildman–Crippen LogP) is -1.92. The number of unbranched alkanes of at least 4 members (excludes halogenated alkanes) is 3. The first-order valence-corrected chi connectivity index (χ1v) is 36.0. The number of carbonyl (C=O) groups excluding carboxylic acids is 8. The molecule has 8 unspecified atom stereocenters. The van der Waals surface area contributed by atoms with Crippen molar-refractivity contribution in [2.45, 2.75) is 230 Å². The number of carbonyl (C=O) groups is 8. The van der Waals surface area contributed by atoms with Gasteiger partial charge in [-0.25, -0.2) is 4.57 Å². The summed E-state index contributed by atoms with van der Waals surface area (Å²) in [4.78, 5) is 116. The topological polar surface area (TPSA) is 516 Å². The highest BCUT2D eigenvalue weighted by atomic mass is 31.2. The Morgan fingerprint density at radius 3 is 1.26 bits per heavy atom. The molecule has 0 radical (unpaired) electrons. The van der Waals surface area contributed by atoms with E-state index in [1.807, 2.05) is 13.8 Å². The smallest absolute Gasteiger partial charge is 0.394 e. The Bertz CT molecular complexity index is 2260. The van der Waals surface area contributed by atoms with E-state index in [1.165, 1.54) is 12.0 Å². The van der Waals surface area contributed by atoms with Crippen LogP contribution in [0.5, 0.6) is 0 Å². The number of nitrogens with two attached hydrogens (primary N) is 1. The Kier molecular flexibility index (Phi) is 50.4. The average Bonchev–Trinajstić information content (AvgIpc) is 0.840. The maximum Gasteiger partial charge on any atom is 0.471 e. The normalized spacial score (nSPS) is 26.1. The standard InChI is InChI=1S/C55H95N5O24.C7H18NO4P.C2H6/c1-32-46(71)49(74)40(29-61)82-53(32)79-23-7-19-56-43(68)17-14-37(66)27-60(28-38(67)15-18-44(69)57-20-8-24-80-54-33(2)47(72)50(75)41(30-62)83-54)39(16-13-36(65)11-5-10-35(64)12-6-22-78-4)52(77)59-26-45(70)58-21-9-25-81-55-34(3)48(73)51(76)42(31-63)84-55;1-11-13(9,10)12-7-5-3-2-4-6-8;1-2/h32-34,39-42,46-51,53-55,61-63,71-76H,5-31H2,1-4H3,(H,56,68)(H,57,69)(H,58,70)(H,59,77);2-8H2,1H3,(H,9,10);1-2H3/t32?,33?,34?,39?,40?,41?,42?,46-,47-,48-,49+,50+,51+,53-,54-,55-;;/m1../s1. The second kappa shape index (κ2) is 53.7. The number of ether oxygens (including phenoxy) is 7. The quantitative estimate of drug-likeness (QED) is 0.0233. The molecular formula is C64H119N6O28P. The number of nitrogens with zero attached hydrogens (tertiary/aromatic N) is 1. The number of hydrogen-bond acceptors (Lipinski definition) is 29. The van der Waals surface area contributed by atoms with Crippen molar-refractivity contribution >= 4 is 54.6 Å². The number of phosphoric acid groups is 1. The second-order valence-electron chi connectivity index (χ2n) is 24.4. The van der Waals surface area contributed by atoms with Gasteiger partial charge in [-0.1, -0.05) is 47.5 Å². The molecule has 3 aliphatic heterocycles. The molecule has 99 heavy (non-hydrogen) atoms. The number of methoxy groups -OCH3 is 1. The van der Waals surface area contributed by atoms with E-state index in [1.54, 1.807) is 20.8 Å². The van der Waals surface area contributed by atoms with Gasteiger partial charge in [0.1, 0.15) is 59.8 Å². The van der Waals surface area contributed by atoms with Gasteiger partial charge in [0.05, 0.1) is 90.2 Å². The summed E-state index contributed by atoms with van der Waals surface area (Å²) in [7, 11) is -1.09. The maximum atomic E-state index is 14.2. The van der Waals surface area contributed by atoms with Crippen LogP contribution in [0, 0.1) is 17.8 Å². The molecule has 3 heterocycles. The van der Waals surface area contributed by atoms with Crippen molar-refractivity contribution in [3.63, 3.8) is 0 Å². The van der Waals surface area contributed by atoms with Crippen LogP contribution in [0.25, 0.3) is 0 Å². The van der Waals surface area contributed by atoms with Crippen molar-refractivity contribution in [3.05, 3.63) is 0 Å². The molecule has 17 atom stereocenters. The van der Waals surface area contributed by atoms with Gasteiger partial charge in [0.25, 0.3) is 0 Å². The monoisotopic (exact) mass is 1450 g/mol. The fourth-order valence-corrected chi connectivity index (χ4v) is 10.9. The van der Waals surface area contributed by atoms with Crippen LogP contribution in [0.3, 0.4) is 0 Å². The third-order valence-corrected chi connectivity index (χ3v) is 17.5. The van der Waals surface area contributed by atoms with Crippen molar-refractivity contribution < 1.29 is 136 Å². The van der Waals surface area contributed by atoms with E-state index >= 15 is 0 Å². The highest BCUT2D eigenvalue weighted by Crippen LogP contribution is 2.42. The summed E-state index contributed by atoms with van der Waals surface area (Å²) in [6.45, 7) is 7.26. The fourth-order valence-electron chi connectivity index (χ4n) is 10.4. The van der Waals surface area contributed by atoms with E-state index in [9.17, 15) is 88.9 Å². The van der Waals surface area contributed by atoms with Crippen LogP contribution in [0.1, 0.15) is 150 Å². The summed E-state index contributed by atoms with van der Waals surface area (Å²) in [5, 5.41) is 100. The van der Waals surface area contributed by atoms with Crippen molar-refractivity contribution in [3.8, 4) is 0 Å². The summed E-state index contributed by atoms with van der Waals surface area (Å²) in [5.41, 5.74) is 5.30. The Morgan fingerprint density at radius 2 is 0.869 bits per heavy atom. The van der Waals surface area contributed by atoms with Crippen LogP contribution in [-0.2, 0) is 85.1 Å². The minimum absolute atomic E-state index is 0.0109. The molecule has 0 saturated carbocycles. The first kappa shape index (κ1) is 93.0. The summed E-state index contributed by atoms with van der Waals surface area (Å²) in [6.07, 6.45) is -9.58. The van der Waals surface area contributed by atoms with Crippen molar-refractivity contribution in [2.24, 2.45) is 23.5 Å². The summed E-state index contributed by atoms with van der Waals surface area (Å²) < 4.78 is 58.3. The number of nitrogens with one attached hydrogen (secondary N) is 4. The van der Waals surface area contributed by atoms with Crippen molar-refractivity contribution in [2.75, 3.05) is 113 Å². The number of hydrogen-bond donors (Lipinski definition) is 15. The zero-order valence-electron chi connectivity index (χ0n) is 58.9. The van der Waals surface area contributed by atoms with Crippen LogP contribution in [0.2, 0.25) is 0 Å². The number of aliphatic hydroxyl groups excluding tert-OH is 9. The molecule has 3 aliphatic rings. The molecule has 3 saturated heterocycles. The van der Waals surface area contributed by atoms with E-state index in [4.69, 9.17) is 43.8 Å². The lowest BCUT2D eigenvalue weighted by Gasteiger charge is -2.40. The Labute approximate surface area is 581 Å². The van der Waals surface area contributed by atoms with Crippen LogP contribution >= 0.6 is 7.82 Å². The van der Waals surface area contributed by atoms with Gasteiger partial charge >= 0.3 is 7.82 Å². The second-order valence-corrected chi connectivity index (χ2v) is 25.9. The number of aliphatic hydroxyl groups is 9. The van der Waals surface area contributed by atoms with Gasteiger partial charge in [0.15, 0.2) is 18.9 Å². The number of phosphoric ester groups is 1. The molecule has 3 fully saturated rings. The van der Waals surface area contributed by atoms with Gasteiger partial charge in [-0.3, -0.25) is 52.3 Å². The third kappa shape index (κ3) is 37.8. The fraction of sp³-hybridized carbons (Fsp3) is 0.875. The van der Waals surface area contributed by atoms with E-state index < -0.39 is 180 Å². The molecule has 4 amide bonds. The molecule has 0 aromatic heterocycles. The average molecular weight is 1450 g/mol. The van der Waals surface area contributed by atoms with Gasteiger partial charge in [0.2, 0.25) is 23.6 Å². The van der Waals surface area contributed by atoms with E-state index in [0.717, 1.165) is 32.8 Å². The number of rotatable bonds is 51. The van der Waals surface area contributed by atoms with Crippen LogP contribution in [0.4, 0.5) is 0 Å². The highest BCUT2D eigenvalue weighted by Gasteiger charge is 2.45. The Morgan fingerprint density at radius 1 is 0.475 bits per heavy atom. The van der Waals surface area contributed by atoms with Gasteiger partial charge in [-0.15, -0.1) is 0 Å². The van der Waals surface area contributed by atoms with E-state index in [2.05, 4.69) is 30.3 Å². The largest absolute Gasteiger partial charge is 0.471 e. The molecule has 3 rings (SSSR count). The molecule has 34 nitrogen and oxygen atoms in total. The van der Waals surface area contributed by atoms with Crippen molar-refractivity contribution in [1.82, 2.24) is 26.2 Å². The van der Waals surface area contributed by atoms with Crippen molar-refractivity contribution in [1.29, 1.82) is 0 Å². The summed E-state index contributed by atoms with van der Waals surface area (Å²) in [5.74, 6) is -5.90. The lowest BCUT2D eigenvalue weighted by atomic mass is 9.92.